The van der Waals surface area contributed by atoms with E-state index >= 15 is 0 Å². The highest BCUT2D eigenvalue weighted by Gasteiger charge is 2.16. The van der Waals surface area contributed by atoms with Gasteiger partial charge in [-0.15, -0.1) is 0 Å². The third-order valence-electron chi connectivity index (χ3n) is 2.51. The van der Waals surface area contributed by atoms with Crippen LogP contribution in [-0.2, 0) is 4.79 Å². The lowest BCUT2D eigenvalue weighted by molar-refractivity contribution is -0.121. The Morgan fingerprint density at radius 3 is 2.58 bits per heavy atom. The number of rotatable bonds is 4. The van der Waals surface area contributed by atoms with E-state index in [0.29, 0.717) is 10.0 Å². The van der Waals surface area contributed by atoms with Gasteiger partial charge >= 0.3 is 0 Å². The van der Waals surface area contributed by atoms with E-state index in [0.717, 1.165) is 0 Å². The van der Waals surface area contributed by atoms with Crippen LogP contribution in [0.1, 0.15) is 39.3 Å². The van der Waals surface area contributed by atoms with Gasteiger partial charge in [0.15, 0.2) is 0 Å². The van der Waals surface area contributed by atoms with Gasteiger partial charge in [0, 0.05) is 21.6 Å². The summed E-state index contributed by atoms with van der Waals surface area (Å²) >= 11 is 3.22. The maximum atomic E-state index is 13.7. The SMILES string of the molecule is CC(NCC(=O)NC(C)(C)C)c1ccc(Br)cc1F. The third kappa shape index (κ3) is 5.70. The van der Waals surface area contributed by atoms with Gasteiger partial charge < -0.3 is 10.6 Å². The zero-order valence-electron chi connectivity index (χ0n) is 11.7. The number of benzene rings is 1. The highest BCUT2D eigenvalue weighted by molar-refractivity contribution is 9.10. The number of halogens is 2. The highest BCUT2D eigenvalue weighted by atomic mass is 79.9. The van der Waals surface area contributed by atoms with E-state index in [9.17, 15) is 9.18 Å². The molecule has 19 heavy (non-hydrogen) atoms. The molecule has 0 spiro atoms. The van der Waals surface area contributed by atoms with E-state index in [-0.39, 0.29) is 29.8 Å². The Bertz CT molecular complexity index is 457. The summed E-state index contributed by atoms with van der Waals surface area (Å²) in [6.45, 7) is 7.75. The highest BCUT2D eigenvalue weighted by Crippen LogP contribution is 2.20. The van der Waals surface area contributed by atoms with Crippen LogP contribution in [0.2, 0.25) is 0 Å². The van der Waals surface area contributed by atoms with Gasteiger partial charge in [-0.25, -0.2) is 4.39 Å². The molecule has 1 rings (SSSR count). The summed E-state index contributed by atoms with van der Waals surface area (Å²) in [6.07, 6.45) is 0. The minimum absolute atomic E-state index is 0.100. The maximum Gasteiger partial charge on any atom is 0.234 e. The fourth-order valence-corrected chi connectivity index (χ4v) is 2.00. The fourth-order valence-electron chi connectivity index (χ4n) is 1.67. The van der Waals surface area contributed by atoms with Gasteiger partial charge in [-0.3, -0.25) is 4.79 Å². The number of hydrogen-bond acceptors (Lipinski definition) is 2. The van der Waals surface area contributed by atoms with Crippen LogP contribution in [0.3, 0.4) is 0 Å². The van der Waals surface area contributed by atoms with Crippen molar-refractivity contribution in [1.29, 1.82) is 0 Å². The van der Waals surface area contributed by atoms with Crippen LogP contribution >= 0.6 is 15.9 Å². The average molecular weight is 331 g/mol. The Hall–Kier alpha value is -0.940. The molecule has 3 nitrogen and oxygen atoms in total. The molecule has 0 radical (unpaired) electrons. The standard InChI is InChI=1S/C14H20BrFN2O/c1-9(11-6-5-10(15)7-12(11)16)17-8-13(19)18-14(2,3)4/h5-7,9,17H,8H2,1-4H3,(H,18,19). The van der Waals surface area contributed by atoms with E-state index in [1.807, 2.05) is 27.7 Å². The second kappa shape index (κ2) is 6.48. The molecule has 0 fully saturated rings. The van der Waals surface area contributed by atoms with E-state index in [1.165, 1.54) is 6.07 Å². The van der Waals surface area contributed by atoms with Crippen molar-refractivity contribution in [3.63, 3.8) is 0 Å². The molecule has 0 heterocycles. The molecule has 1 unspecified atom stereocenters. The summed E-state index contributed by atoms with van der Waals surface area (Å²) in [4.78, 5) is 11.7. The van der Waals surface area contributed by atoms with Crippen molar-refractivity contribution < 1.29 is 9.18 Å². The molecular weight excluding hydrogens is 311 g/mol. The molecule has 1 aromatic carbocycles. The van der Waals surface area contributed by atoms with Crippen LogP contribution in [-0.4, -0.2) is 18.0 Å². The first-order chi connectivity index (χ1) is 8.69. The van der Waals surface area contributed by atoms with E-state index < -0.39 is 0 Å². The predicted molar refractivity (Wildman–Crippen MR) is 78.4 cm³/mol. The van der Waals surface area contributed by atoms with E-state index in [1.54, 1.807) is 12.1 Å². The Morgan fingerprint density at radius 2 is 2.05 bits per heavy atom. The number of hydrogen-bond donors (Lipinski definition) is 2. The first-order valence-electron chi connectivity index (χ1n) is 6.18. The molecule has 0 aromatic heterocycles. The predicted octanol–water partition coefficient (Wildman–Crippen LogP) is 3.15. The smallest absolute Gasteiger partial charge is 0.234 e. The lowest BCUT2D eigenvalue weighted by Crippen LogP contribution is -2.45. The van der Waals surface area contributed by atoms with Gasteiger partial charge in [-0.2, -0.15) is 0 Å². The van der Waals surface area contributed by atoms with E-state index in [2.05, 4.69) is 26.6 Å². The summed E-state index contributed by atoms with van der Waals surface area (Å²) in [5.74, 6) is -0.387. The van der Waals surface area contributed by atoms with Crippen LogP contribution in [0.5, 0.6) is 0 Å². The van der Waals surface area contributed by atoms with Crippen LogP contribution in [0.25, 0.3) is 0 Å². The molecule has 5 heteroatoms. The van der Waals surface area contributed by atoms with Crippen LogP contribution < -0.4 is 10.6 Å². The van der Waals surface area contributed by atoms with Gasteiger partial charge in [0.25, 0.3) is 0 Å². The Balaban J connectivity index is 2.56. The number of carbonyl (C=O) groups is 1. The normalized spacial score (nSPS) is 13.2. The second-order valence-electron chi connectivity index (χ2n) is 5.57. The molecule has 0 aliphatic heterocycles. The van der Waals surface area contributed by atoms with Crippen molar-refractivity contribution in [3.05, 3.63) is 34.1 Å². The van der Waals surface area contributed by atoms with Crippen molar-refractivity contribution in [2.45, 2.75) is 39.3 Å². The molecule has 0 bridgehead atoms. The van der Waals surface area contributed by atoms with Gasteiger partial charge in [0.1, 0.15) is 5.82 Å². The summed E-state index contributed by atoms with van der Waals surface area (Å²) in [5.41, 5.74) is 0.289. The number of amides is 1. The van der Waals surface area contributed by atoms with Crippen LogP contribution in [0.15, 0.2) is 22.7 Å². The minimum Gasteiger partial charge on any atom is -0.350 e. The van der Waals surface area contributed by atoms with Crippen molar-refractivity contribution in [2.75, 3.05) is 6.54 Å². The van der Waals surface area contributed by atoms with Gasteiger partial charge in [-0.05, 0) is 39.8 Å². The largest absolute Gasteiger partial charge is 0.350 e. The zero-order chi connectivity index (χ0) is 14.6. The second-order valence-corrected chi connectivity index (χ2v) is 6.48. The number of carbonyl (C=O) groups excluding carboxylic acids is 1. The topological polar surface area (TPSA) is 41.1 Å². The molecule has 0 saturated carbocycles. The van der Waals surface area contributed by atoms with Crippen LogP contribution in [0.4, 0.5) is 4.39 Å². The third-order valence-corrected chi connectivity index (χ3v) is 3.01. The fraction of sp³-hybridized carbons (Fsp3) is 0.500. The Morgan fingerprint density at radius 1 is 1.42 bits per heavy atom. The molecule has 106 valence electrons. The molecule has 2 N–H and O–H groups in total. The first-order valence-corrected chi connectivity index (χ1v) is 6.97. The van der Waals surface area contributed by atoms with Gasteiger partial charge in [0.05, 0.1) is 6.54 Å². The Labute approximate surface area is 122 Å². The maximum absolute atomic E-state index is 13.7. The Kier molecular flexibility index (Phi) is 5.50. The molecule has 0 saturated heterocycles. The monoisotopic (exact) mass is 330 g/mol. The summed E-state index contributed by atoms with van der Waals surface area (Å²) < 4.78 is 14.4. The van der Waals surface area contributed by atoms with Crippen molar-refractivity contribution >= 4 is 21.8 Å². The molecule has 0 aliphatic carbocycles. The summed E-state index contributed by atoms with van der Waals surface area (Å²) in [6, 6.07) is 4.69. The van der Waals surface area contributed by atoms with Crippen molar-refractivity contribution in [3.8, 4) is 0 Å². The quantitative estimate of drug-likeness (QED) is 0.890. The molecular formula is C14H20BrFN2O. The molecule has 1 amide bonds. The van der Waals surface area contributed by atoms with Gasteiger partial charge in [-0.1, -0.05) is 22.0 Å². The lowest BCUT2D eigenvalue weighted by atomic mass is 10.1. The van der Waals surface area contributed by atoms with E-state index in [4.69, 9.17) is 0 Å². The van der Waals surface area contributed by atoms with Crippen molar-refractivity contribution in [1.82, 2.24) is 10.6 Å². The van der Waals surface area contributed by atoms with Crippen molar-refractivity contribution in [2.24, 2.45) is 0 Å². The molecule has 0 aliphatic rings. The number of nitrogens with one attached hydrogen (secondary N) is 2. The summed E-state index contributed by atoms with van der Waals surface area (Å²) in [7, 11) is 0. The van der Waals surface area contributed by atoms with Crippen LogP contribution in [0, 0.1) is 5.82 Å². The minimum atomic E-state index is -0.286. The van der Waals surface area contributed by atoms with Gasteiger partial charge in [0.2, 0.25) is 5.91 Å². The first kappa shape index (κ1) is 16.1. The summed E-state index contributed by atoms with van der Waals surface area (Å²) in [5, 5.41) is 5.86. The zero-order valence-corrected chi connectivity index (χ0v) is 13.3. The lowest BCUT2D eigenvalue weighted by Gasteiger charge is -2.22. The molecule has 1 atom stereocenters. The average Bonchev–Trinajstić information content (AvgIpc) is 2.23. The molecule has 1 aromatic rings.